The zero-order valence-electron chi connectivity index (χ0n) is 12.9. The van der Waals surface area contributed by atoms with Crippen LogP contribution in [-0.4, -0.2) is 42.6 Å². The van der Waals surface area contributed by atoms with Crippen LogP contribution in [0.2, 0.25) is 0 Å². The van der Waals surface area contributed by atoms with Crippen LogP contribution >= 0.6 is 0 Å². The maximum atomic E-state index is 11.5. The van der Waals surface area contributed by atoms with Crippen molar-refractivity contribution in [2.45, 2.75) is 64.5 Å². The van der Waals surface area contributed by atoms with Crippen LogP contribution in [0.1, 0.15) is 52.9 Å². The summed E-state index contributed by atoms with van der Waals surface area (Å²) in [5, 5.41) is 0. The molecule has 2 N–H and O–H groups in total. The van der Waals surface area contributed by atoms with E-state index in [0.717, 1.165) is 31.3 Å². The van der Waals surface area contributed by atoms with Gasteiger partial charge in [-0.25, -0.2) is 0 Å². The Hall–Kier alpha value is -0.610. The molecular formula is C15H30N2O2. The quantitative estimate of drug-likeness (QED) is 0.569. The van der Waals surface area contributed by atoms with E-state index >= 15 is 0 Å². The molecule has 4 nitrogen and oxygen atoms in total. The molecule has 0 aliphatic carbocycles. The van der Waals surface area contributed by atoms with Gasteiger partial charge in [-0.15, -0.1) is 0 Å². The first-order valence-electron chi connectivity index (χ1n) is 7.50. The van der Waals surface area contributed by atoms with E-state index < -0.39 is 5.54 Å². The Morgan fingerprint density at radius 2 is 2.16 bits per heavy atom. The second-order valence-corrected chi connectivity index (χ2v) is 6.36. The molecular weight excluding hydrogens is 240 g/mol. The van der Waals surface area contributed by atoms with Gasteiger partial charge in [0.1, 0.15) is 5.54 Å². The highest BCUT2D eigenvalue weighted by Crippen LogP contribution is 2.24. The van der Waals surface area contributed by atoms with E-state index in [9.17, 15) is 4.79 Å². The highest BCUT2D eigenvalue weighted by molar-refractivity contribution is 5.79. The average molecular weight is 270 g/mol. The monoisotopic (exact) mass is 270 g/mol. The number of nitrogens with two attached hydrogens (primary N) is 1. The van der Waals surface area contributed by atoms with E-state index in [1.165, 1.54) is 26.5 Å². The van der Waals surface area contributed by atoms with Gasteiger partial charge in [-0.3, -0.25) is 4.79 Å². The number of hydrogen-bond acceptors (Lipinski definition) is 4. The van der Waals surface area contributed by atoms with Gasteiger partial charge in [-0.2, -0.15) is 0 Å². The molecule has 2 atom stereocenters. The number of carbonyl (C=O) groups is 1. The zero-order valence-corrected chi connectivity index (χ0v) is 12.9. The summed E-state index contributed by atoms with van der Waals surface area (Å²) in [6.07, 6.45) is 5.42. The number of likely N-dealkylation sites (tertiary alicyclic amines) is 1. The molecule has 0 bridgehead atoms. The van der Waals surface area contributed by atoms with Crippen molar-refractivity contribution in [1.82, 2.24) is 4.90 Å². The number of rotatable bonds is 7. The van der Waals surface area contributed by atoms with Crippen LogP contribution < -0.4 is 5.73 Å². The summed E-state index contributed by atoms with van der Waals surface area (Å²) in [4.78, 5) is 14.1. The molecule has 0 saturated carbocycles. The van der Waals surface area contributed by atoms with Crippen molar-refractivity contribution in [1.29, 1.82) is 0 Å². The van der Waals surface area contributed by atoms with E-state index in [1.807, 2.05) is 0 Å². The van der Waals surface area contributed by atoms with Crippen LogP contribution in [0.3, 0.4) is 0 Å². The third-order valence-corrected chi connectivity index (χ3v) is 4.23. The Morgan fingerprint density at radius 3 is 2.74 bits per heavy atom. The summed E-state index contributed by atoms with van der Waals surface area (Å²) >= 11 is 0. The fourth-order valence-corrected chi connectivity index (χ4v) is 3.03. The molecule has 0 amide bonds. The number of unbranched alkanes of at least 4 members (excludes halogenated alkanes) is 1. The maximum absolute atomic E-state index is 11.5. The molecule has 1 saturated heterocycles. The Bertz CT molecular complexity index is 290. The van der Waals surface area contributed by atoms with Gasteiger partial charge < -0.3 is 15.4 Å². The van der Waals surface area contributed by atoms with Gasteiger partial charge in [0.25, 0.3) is 0 Å². The second-order valence-electron chi connectivity index (χ2n) is 6.36. The van der Waals surface area contributed by atoms with Crippen molar-refractivity contribution in [3.05, 3.63) is 0 Å². The third-order valence-electron chi connectivity index (χ3n) is 4.23. The second kappa shape index (κ2) is 7.25. The molecule has 0 aromatic carbocycles. The first-order valence-corrected chi connectivity index (χ1v) is 7.50. The van der Waals surface area contributed by atoms with Crippen molar-refractivity contribution >= 4 is 5.97 Å². The van der Waals surface area contributed by atoms with Crippen LogP contribution in [0.4, 0.5) is 0 Å². The van der Waals surface area contributed by atoms with Crippen LogP contribution in [0.25, 0.3) is 0 Å². The van der Waals surface area contributed by atoms with Gasteiger partial charge in [0.2, 0.25) is 0 Å². The molecule has 0 aromatic rings. The molecule has 1 aliphatic rings. The summed E-state index contributed by atoms with van der Waals surface area (Å²) in [5.74, 6) is 0.422. The standard InChI is InChI=1S/C15H30N2O2/c1-12(2)13-8-7-11-17(13)10-6-5-9-15(3,16)14(18)19-4/h12-13H,5-11,16H2,1-4H3. The van der Waals surface area contributed by atoms with Gasteiger partial charge >= 0.3 is 5.97 Å². The van der Waals surface area contributed by atoms with Crippen molar-refractivity contribution in [2.24, 2.45) is 11.7 Å². The van der Waals surface area contributed by atoms with E-state index in [2.05, 4.69) is 18.7 Å². The normalized spacial score (nSPS) is 23.6. The minimum atomic E-state index is -0.836. The lowest BCUT2D eigenvalue weighted by molar-refractivity contribution is -0.146. The summed E-state index contributed by atoms with van der Waals surface area (Å²) in [7, 11) is 1.39. The fourth-order valence-electron chi connectivity index (χ4n) is 3.03. The van der Waals surface area contributed by atoms with Gasteiger partial charge in [-0.1, -0.05) is 13.8 Å². The summed E-state index contributed by atoms with van der Waals surface area (Å²) < 4.78 is 4.72. The first kappa shape index (κ1) is 16.4. The van der Waals surface area contributed by atoms with E-state index in [1.54, 1.807) is 6.92 Å². The van der Waals surface area contributed by atoms with Gasteiger partial charge in [-0.05, 0) is 58.0 Å². The lowest BCUT2D eigenvalue weighted by atomic mass is 9.96. The molecule has 0 aromatic heterocycles. The van der Waals surface area contributed by atoms with E-state index in [4.69, 9.17) is 10.5 Å². The predicted octanol–water partition coefficient (Wildman–Crippen LogP) is 2.17. The molecule has 0 radical (unpaired) electrons. The zero-order chi connectivity index (χ0) is 14.5. The number of nitrogens with zero attached hydrogens (tertiary/aromatic N) is 1. The average Bonchev–Trinajstić information content (AvgIpc) is 2.82. The molecule has 1 heterocycles. The fraction of sp³-hybridized carbons (Fsp3) is 0.933. The topological polar surface area (TPSA) is 55.6 Å². The molecule has 112 valence electrons. The third kappa shape index (κ3) is 4.77. The number of esters is 1. The SMILES string of the molecule is COC(=O)C(C)(N)CCCCN1CCCC1C(C)C. The minimum absolute atomic E-state index is 0.311. The molecule has 2 unspecified atom stereocenters. The highest BCUT2D eigenvalue weighted by Gasteiger charge is 2.29. The van der Waals surface area contributed by atoms with Crippen LogP contribution in [0, 0.1) is 5.92 Å². The Kier molecular flexibility index (Phi) is 6.27. The molecule has 19 heavy (non-hydrogen) atoms. The Morgan fingerprint density at radius 1 is 1.47 bits per heavy atom. The van der Waals surface area contributed by atoms with Crippen molar-refractivity contribution in [3.63, 3.8) is 0 Å². The Labute approximate surface area is 117 Å². The van der Waals surface area contributed by atoms with Crippen molar-refractivity contribution in [2.75, 3.05) is 20.2 Å². The van der Waals surface area contributed by atoms with Crippen LogP contribution in [-0.2, 0) is 9.53 Å². The number of carbonyl (C=O) groups excluding carboxylic acids is 1. The smallest absolute Gasteiger partial charge is 0.325 e. The number of hydrogen-bond donors (Lipinski definition) is 1. The highest BCUT2D eigenvalue weighted by atomic mass is 16.5. The van der Waals surface area contributed by atoms with E-state index in [-0.39, 0.29) is 5.97 Å². The lowest BCUT2D eigenvalue weighted by Gasteiger charge is -2.28. The van der Waals surface area contributed by atoms with Crippen molar-refractivity contribution < 1.29 is 9.53 Å². The molecule has 1 aliphatic heterocycles. The molecule has 1 fully saturated rings. The van der Waals surface area contributed by atoms with Crippen LogP contribution in [0.5, 0.6) is 0 Å². The van der Waals surface area contributed by atoms with Gasteiger partial charge in [0.15, 0.2) is 0 Å². The largest absolute Gasteiger partial charge is 0.468 e. The van der Waals surface area contributed by atoms with E-state index in [0.29, 0.717) is 6.42 Å². The first-order chi connectivity index (χ1) is 8.88. The molecule has 4 heteroatoms. The summed E-state index contributed by atoms with van der Waals surface area (Å²) in [6.45, 7) is 8.71. The predicted molar refractivity (Wildman–Crippen MR) is 77.9 cm³/mol. The maximum Gasteiger partial charge on any atom is 0.325 e. The van der Waals surface area contributed by atoms with Crippen LogP contribution in [0.15, 0.2) is 0 Å². The number of ether oxygens (including phenoxy) is 1. The van der Waals surface area contributed by atoms with Gasteiger partial charge in [0, 0.05) is 6.04 Å². The van der Waals surface area contributed by atoms with Crippen molar-refractivity contribution in [3.8, 4) is 0 Å². The van der Waals surface area contributed by atoms with Gasteiger partial charge in [0.05, 0.1) is 7.11 Å². The molecule has 0 spiro atoms. The minimum Gasteiger partial charge on any atom is -0.468 e. The summed E-state index contributed by atoms with van der Waals surface area (Å²) in [5.41, 5.74) is 5.12. The lowest BCUT2D eigenvalue weighted by Crippen LogP contribution is -2.45. The number of methoxy groups -OCH3 is 1. The molecule has 1 rings (SSSR count). The Balaban J connectivity index is 2.26. The summed E-state index contributed by atoms with van der Waals surface area (Å²) in [6, 6.07) is 0.741.